The number of para-hydroxylation sites is 2. The molecule has 1 unspecified atom stereocenters. The lowest BCUT2D eigenvalue weighted by Crippen LogP contribution is -2.53. The van der Waals surface area contributed by atoms with Gasteiger partial charge in [0.05, 0.1) is 25.5 Å². The Kier molecular flexibility index (Phi) is 6.32. The number of amides is 1. The average Bonchev–Trinajstić information content (AvgIpc) is 2.80. The monoisotopic (exact) mass is 395 g/mol. The molecule has 29 heavy (non-hydrogen) atoms. The van der Waals surface area contributed by atoms with Crippen LogP contribution in [0.5, 0.6) is 5.75 Å². The number of ether oxygens (including phenoxy) is 2. The minimum Gasteiger partial charge on any atom is -0.495 e. The molecule has 1 atom stereocenters. The summed E-state index contributed by atoms with van der Waals surface area (Å²) >= 11 is 0. The molecule has 1 amide bonds. The minimum atomic E-state index is 0.0641. The molecule has 2 aliphatic heterocycles. The van der Waals surface area contributed by atoms with Gasteiger partial charge in [-0.05, 0) is 24.3 Å². The first-order valence-corrected chi connectivity index (χ1v) is 10.3. The Labute approximate surface area is 172 Å². The van der Waals surface area contributed by atoms with Crippen LogP contribution in [0.4, 0.5) is 5.69 Å². The molecule has 2 aromatic carbocycles. The average molecular weight is 396 g/mol. The fourth-order valence-corrected chi connectivity index (χ4v) is 4.13. The lowest BCUT2D eigenvalue weighted by molar-refractivity contribution is -0.0363. The third-order valence-corrected chi connectivity index (χ3v) is 5.71. The van der Waals surface area contributed by atoms with Crippen LogP contribution >= 0.6 is 0 Å². The SMILES string of the molecule is COc1ccccc1N1CCN(CC2CN(C(=O)c3ccccc3)CCO2)CC1. The van der Waals surface area contributed by atoms with Crippen molar-refractivity contribution in [3.05, 3.63) is 60.2 Å². The first-order valence-electron chi connectivity index (χ1n) is 10.3. The number of rotatable bonds is 5. The molecule has 2 aliphatic rings. The van der Waals surface area contributed by atoms with Crippen LogP contribution in [0, 0.1) is 0 Å². The molecule has 2 aromatic rings. The van der Waals surface area contributed by atoms with Crippen molar-refractivity contribution in [3.63, 3.8) is 0 Å². The Balaban J connectivity index is 1.30. The van der Waals surface area contributed by atoms with Gasteiger partial charge in [0, 0.05) is 51.4 Å². The quantitative estimate of drug-likeness (QED) is 0.778. The van der Waals surface area contributed by atoms with Crippen LogP contribution in [-0.2, 0) is 4.74 Å². The Morgan fingerprint density at radius 2 is 1.72 bits per heavy atom. The van der Waals surface area contributed by atoms with Crippen LogP contribution in [0.3, 0.4) is 0 Å². The smallest absolute Gasteiger partial charge is 0.254 e. The normalized spacial score (nSPS) is 20.5. The van der Waals surface area contributed by atoms with Gasteiger partial charge in [0.25, 0.3) is 5.91 Å². The molecule has 4 rings (SSSR count). The van der Waals surface area contributed by atoms with Gasteiger partial charge >= 0.3 is 0 Å². The van der Waals surface area contributed by atoms with Crippen LogP contribution in [0.25, 0.3) is 0 Å². The number of hydrogen-bond acceptors (Lipinski definition) is 5. The van der Waals surface area contributed by atoms with Crippen LogP contribution < -0.4 is 9.64 Å². The fourth-order valence-electron chi connectivity index (χ4n) is 4.13. The molecule has 2 saturated heterocycles. The number of methoxy groups -OCH3 is 1. The Morgan fingerprint density at radius 3 is 2.48 bits per heavy atom. The Morgan fingerprint density at radius 1 is 1.00 bits per heavy atom. The van der Waals surface area contributed by atoms with E-state index in [9.17, 15) is 4.79 Å². The molecule has 2 heterocycles. The molecule has 0 N–H and O–H groups in total. The second-order valence-electron chi connectivity index (χ2n) is 7.57. The maximum atomic E-state index is 12.7. The molecule has 2 fully saturated rings. The second kappa shape index (κ2) is 9.29. The minimum absolute atomic E-state index is 0.0641. The lowest BCUT2D eigenvalue weighted by Gasteiger charge is -2.40. The van der Waals surface area contributed by atoms with E-state index >= 15 is 0 Å². The van der Waals surface area contributed by atoms with Crippen molar-refractivity contribution in [2.24, 2.45) is 0 Å². The van der Waals surface area contributed by atoms with Crippen molar-refractivity contribution in [1.29, 1.82) is 0 Å². The highest BCUT2D eigenvalue weighted by Gasteiger charge is 2.28. The van der Waals surface area contributed by atoms with Crippen LogP contribution in [0.1, 0.15) is 10.4 Å². The van der Waals surface area contributed by atoms with E-state index in [0.29, 0.717) is 19.7 Å². The maximum Gasteiger partial charge on any atom is 0.254 e. The molecule has 0 aromatic heterocycles. The van der Waals surface area contributed by atoms with Gasteiger partial charge < -0.3 is 19.3 Å². The van der Waals surface area contributed by atoms with E-state index in [4.69, 9.17) is 9.47 Å². The summed E-state index contributed by atoms with van der Waals surface area (Å²) in [4.78, 5) is 19.5. The summed E-state index contributed by atoms with van der Waals surface area (Å²) in [6.45, 7) is 6.64. The van der Waals surface area contributed by atoms with Gasteiger partial charge in [-0.3, -0.25) is 9.69 Å². The zero-order chi connectivity index (χ0) is 20.1. The van der Waals surface area contributed by atoms with E-state index in [1.165, 1.54) is 0 Å². The highest BCUT2D eigenvalue weighted by molar-refractivity contribution is 5.94. The highest BCUT2D eigenvalue weighted by atomic mass is 16.5. The molecule has 0 spiro atoms. The van der Waals surface area contributed by atoms with Crippen LogP contribution in [-0.4, -0.2) is 81.3 Å². The van der Waals surface area contributed by atoms with Gasteiger partial charge in [0.2, 0.25) is 0 Å². The number of nitrogens with zero attached hydrogens (tertiary/aromatic N) is 3. The van der Waals surface area contributed by atoms with Crippen molar-refractivity contribution in [1.82, 2.24) is 9.80 Å². The van der Waals surface area contributed by atoms with Gasteiger partial charge in [0.15, 0.2) is 0 Å². The molecule has 0 saturated carbocycles. The number of carbonyl (C=O) groups excluding carboxylic acids is 1. The van der Waals surface area contributed by atoms with E-state index in [0.717, 1.165) is 49.7 Å². The topological polar surface area (TPSA) is 45.2 Å². The molecule has 0 radical (unpaired) electrons. The van der Waals surface area contributed by atoms with Gasteiger partial charge in [-0.1, -0.05) is 30.3 Å². The van der Waals surface area contributed by atoms with Crippen LogP contribution in [0.15, 0.2) is 54.6 Å². The molecular formula is C23H29N3O3. The third-order valence-electron chi connectivity index (χ3n) is 5.71. The molecule has 0 bridgehead atoms. The van der Waals surface area contributed by atoms with E-state index in [1.54, 1.807) is 7.11 Å². The van der Waals surface area contributed by atoms with E-state index in [-0.39, 0.29) is 12.0 Å². The molecule has 6 nitrogen and oxygen atoms in total. The van der Waals surface area contributed by atoms with Crippen LogP contribution in [0.2, 0.25) is 0 Å². The number of anilines is 1. The Hall–Kier alpha value is -2.57. The van der Waals surface area contributed by atoms with Crippen molar-refractivity contribution in [2.45, 2.75) is 6.10 Å². The van der Waals surface area contributed by atoms with E-state index < -0.39 is 0 Å². The maximum absolute atomic E-state index is 12.7. The van der Waals surface area contributed by atoms with Crippen molar-refractivity contribution >= 4 is 11.6 Å². The van der Waals surface area contributed by atoms with Gasteiger partial charge in [-0.2, -0.15) is 0 Å². The zero-order valence-electron chi connectivity index (χ0n) is 17.0. The molecular weight excluding hydrogens is 366 g/mol. The summed E-state index contributed by atoms with van der Waals surface area (Å²) in [6.07, 6.45) is 0.0641. The standard InChI is InChI=1S/C23H29N3O3/c1-28-22-10-6-5-9-21(22)25-13-11-24(12-14-25)17-20-18-26(15-16-29-20)23(27)19-7-3-2-4-8-19/h2-10,20H,11-18H2,1H3. The predicted molar refractivity (Wildman–Crippen MR) is 114 cm³/mol. The summed E-state index contributed by atoms with van der Waals surface area (Å²) in [7, 11) is 1.72. The lowest BCUT2D eigenvalue weighted by atomic mass is 10.1. The summed E-state index contributed by atoms with van der Waals surface area (Å²) in [5, 5.41) is 0. The van der Waals surface area contributed by atoms with E-state index in [1.807, 2.05) is 47.4 Å². The third kappa shape index (κ3) is 4.71. The number of hydrogen-bond donors (Lipinski definition) is 0. The van der Waals surface area contributed by atoms with Gasteiger partial charge in [-0.25, -0.2) is 0 Å². The Bertz CT molecular complexity index is 806. The predicted octanol–water partition coefficient (Wildman–Crippen LogP) is 2.36. The van der Waals surface area contributed by atoms with Crippen molar-refractivity contribution < 1.29 is 14.3 Å². The summed E-state index contributed by atoms with van der Waals surface area (Å²) in [6, 6.07) is 17.7. The van der Waals surface area contributed by atoms with Gasteiger partial charge in [0.1, 0.15) is 5.75 Å². The molecule has 154 valence electrons. The largest absolute Gasteiger partial charge is 0.495 e. The summed E-state index contributed by atoms with van der Waals surface area (Å²) in [5.41, 5.74) is 1.90. The fraction of sp³-hybridized carbons (Fsp3) is 0.435. The number of morpholine rings is 1. The first kappa shape index (κ1) is 19.7. The molecule has 0 aliphatic carbocycles. The first-order chi connectivity index (χ1) is 14.2. The van der Waals surface area contributed by atoms with E-state index in [2.05, 4.69) is 21.9 Å². The summed E-state index contributed by atoms with van der Waals surface area (Å²) < 4.78 is 11.5. The second-order valence-corrected chi connectivity index (χ2v) is 7.57. The summed E-state index contributed by atoms with van der Waals surface area (Å²) in [5.74, 6) is 1.02. The van der Waals surface area contributed by atoms with Gasteiger partial charge in [-0.15, -0.1) is 0 Å². The van der Waals surface area contributed by atoms with Crippen molar-refractivity contribution in [2.75, 3.05) is 64.4 Å². The van der Waals surface area contributed by atoms with Crippen molar-refractivity contribution in [3.8, 4) is 5.75 Å². The number of benzene rings is 2. The zero-order valence-corrected chi connectivity index (χ0v) is 17.0. The number of piperazine rings is 1. The number of carbonyl (C=O) groups is 1. The highest BCUT2D eigenvalue weighted by Crippen LogP contribution is 2.28. The molecule has 6 heteroatoms.